The third-order valence-electron chi connectivity index (χ3n) is 2.11. The van der Waals surface area contributed by atoms with Crippen LogP contribution in [0, 0.1) is 0 Å². The molecule has 4 heteroatoms. The molecule has 1 unspecified atom stereocenters. The summed E-state index contributed by atoms with van der Waals surface area (Å²) in [6.45, 7) is 1.74. The van der Waals surface area contributed by atoms with Gasteiger partial charge in [-0.15, -0.1) is 0 Å². The summed E-state index contributed by atoms with van der Waals surface area (Å²) < 4.78 is 0. The van der Waals surface area contributed by atoms with Crippen LogP contribution < -0.4 is 5.32 Å². The quantitative estimate of drug-likeness (QED) is 0.392. The van der Waals surface area contributed by atoms with E-state index in [1.807, 2.05) is 0 Å². The van der Waals surface area contributed by atoms with Crippen LogP contribution in [-0.2, 0) is 9.59 Å². The fraction of sp³-hybridized carbons (Fsp3) is 0.600. The molecule has 1 heterocycles. The summed E-state index contributed by atoms with van der Waals surface area (Å²) in [4.78, 5) is 21.9. The van der Waals surface area contributed by atoms with E-state index < -0.39 is 0 Å². The van der Waals surface area contributed by atoms with Crippen LogP contribution in [0.4, 0.5) is 0 Å². The van der Waals surface area contributed by atoms with Crippen molar-refractivity contribution in [2.24, 2.45) is 0 Å². The highest BCUT2D eigenvalue weighted by Gasteiger charge is 2.22. The average molecular weight is 197 g/mol. The first kappa shape index (κ1) is 10.9. The first-order chi connectivity index (χ1) is 6.59. The van der Waals surface area contributed by atoms with Gasteiger partial charge in [-0.3, -0.25) is 14.9 Å². The van der Waals surface area contributed by atoms with Crippen molar-refractivity contribution in [3.05, 3.63) is 11.6 Å². The number of unbranched alkanes of at least 4 members (excludes halogenated alkanes) is 1. The average Bonchev–Trinajstić information content (AvgIpc) is 2.39. The highest BCUT2D eigenvalue weighted by Crippen LogP contribution is 2.11. The van der Waals surface area contributed by atoms with Gasteiger partial charge in [-0.25, -0.2) is 0 Å². The Morgan fingerprint density at radius 2 is 2.29 bits per heavy atom. The molecule has 78 valence electrons. The minimum Gasteiger partial charge on any atom is -0.393 e. The van der Waals surface area contributed by atoms with Crippen molar-refractivity contribution in [3.63, 3.8) is 0 Å². The molecule has 14 heavy (non-hydrogen) atoms. The first-order valence-electron chi connectivity index (χ1n) is 4.81. The number of aliphatic hydroxyl groups excluding tert-OH is 1. The molecule has 1 aliphatic heterocycles. The van der Waals surface area contributed by atoms with Gasteiger partial charge in [-0.05, 0) is 26.2 Å². The Kier molecular flexibility index (Phi) is 3.83. The van der Waals surface area contributed by atoms with E-state index >= 15 is 0 Å². The Bertz CT molecular complexity index is 269. The third kappa shape index (κ3) is 3.30. The van der Waals surface area contributed by atoms with Crippen LogP contribution >= 0.6 is 0 Å². The third-order valence-corrected chi connectivity index (χ3v) is 2.11. The lowest BCUT2D eigenvalue weighted by atomic mass is 10.1. The highest BCUT2D eigenvalue weighted by molar-refractivity contribution is 6.13. The van der Waals surface area contributed by atoms with E-state index in [9.17, 15) is 9.59 Å². The van der Waals surface area contributed by atoms with E-state index in [2.05, 4.69) is 5.32 Å². The van der Waals surface area contributed by atoms with Crippen molar-refractivity contribution in [2.75, 3.05) is 0 Å². The van der Waals surface area contributed by atoms with E-state index in [-0.39, 0.29) is 24.3 Å². The number of rotatable bonds is 4. The summed E-state index contributed by atoms with van der Waals surface area (Å²) in [6, 6.07) is 0. The number of carbonyl (C=O) groups is 2. The zero-order chi connectivity index (χ0) is 10.6. The summed E-state index contributed by atoms with van der Waals surface area (Å²) in [5, 5.41) is 11.2. The maximum Gasteiger partial charge on any atom is 0.253 e. The number of hydrogen-bond donors (Lipinski definition) is 2. The second-order valence-electron chi connectivity index (χ2n) is 3.56. The minimum absolute atomic E-state index is 0.202. The smallest absolute Gasteiger partial charge is 0.253 e. The lowest BCUT2D eigenvalue weighted by Crippen LogP contribution is -2.19. The van der Waals surface area contributed by atoms with E-state index in [1.165, 1.54) is 0 Å². The molecule has 0 spiro atoms. The molecule has 1 rings (SSSR count). The van der Waals surface area contributed by atoms with Crippen LogP contribution in [0.15, 0.2) is 11.6 Å². The molecule has 0 aromatic heterocycles. The van der Waals surface area contributed by atoms with Gasteiger partial charge < -0.3 is 5.11 Å². The zero-order valence-electron chi connectivity index (χ0n) is 8.25. The van der Waals surface area contributed by atoms with Crippen molar-refractivity contribution < 1.29 is 14.7 Å². The van der Waals surface area contributed by atoms with Gasteiger partial charge in [-0.2, -0.15) is 0 Å². The molecular formula is C10H15NO3. The Hall–Kier alpha value is -1.16. The molecule has 2 amide bonds. The first-order valence-corrected chi connectivity index (χ1v) is 4.81. The Morgan fingerprint density at radius 3 is 2.79 bits per heavy atom. The predicted molar refractivity (Wildman–Crippen MR) is 51.4 cm³/mol. The summed E-state index contributed by atoms with van der Waals surface area (Å²) >= 11 is 0. The largest absolute Gasteiger partial charge is 0.393 e. The maximum atomic E-state index is 11.1. The zero-order valence-corrected chi connectivity index (χ0v) is 8.25. The molecule has 0 radical (unpaired) electrons. The van der Waals surface area contributed by atoms with Gasteiger partial charge >= 0.3 is 0 Å². The Balaban J connectivity index is 2.31. The summed E-state index contributed by atoms with van der Waals surface area (Å²) in [5.41, 5.74) is 0.556. The lowest BCUT2D eigenvalue weighted by Gasteiger charge is -2.00. The molecule has 1 fully saturated rings. The molecular weight excluding hydrogens is 182 g/mol. The number of imide groups is 1. The van der Waals surface area contributed by atoms with Gasteiger partial charge in [0.2, 0.25) is 5.91 Å². The van der Waals surface area contributed by atoms with Crippen LogP contribution in [0.3, 0.4) is 0 Å². The van der Waals surface area contributed by atoms with Crippen molar-refractivity contribution in [1.29, 1.82) is 0 Å². The van der Waals surface area contributed by atoms with Crippen LogP contribution in [-0.4, -0.2) is 23.0 Å². The lowest BCUT2D eigenvalue weighted by molar-refractivity contribution is -0.124. The molecule has 4 nitrogen and oxygen atoms in total. The normalized spacial score (nSPS) is 21.4. The molecule has 0 aromatic rings. The molecule has 0 saturated carbocycles. The topological polar surface area (TPSA) is 66.4 Å². The van der Waals surface area contributed by atoms with Gasteiger partial charge in [0, 0.05) is 5.57 Å². The van der Waals surface area contributed by atoms with Gasteiger partial charge in [0.1, 0.15) is 0 Å². The molecule has 1 atom stereocenters. The molecule has 1 saturated heterocycles. The van der Waals surface area contributed by atoms with E-state index in [1.54, 1.807) is 13.0 Å². The van der Waals surface area contributed by atoms with Gasteiger partial charge in [0.25, 0.3) is 5.91 Å². The van der Waals surface area contributed by atoms with Crippen molar-refractivity contribution in [2.45, 2.75) is 38.7 Å². The number of nitrogens with one attached hydrogen (secondary N) is 1. The fourth-order valence-electron chi connectivity index (χ4n) is 1.36. The number of carbonyl (C=O) groups excluding carboxylic acids is 2. The van der Waals surface area contributed by atoms with Gasteiger partial charge in [-0.1, -0.05) is 6.08 Å². The van der Waals surface area contributed by atoms with E-state index in [0.29, 0.717) is 5.57 Å². The minimum atomic E-state index is -0.299. The summed E-state index contributed by atoms with van der Waals surface area (Å²) in [6.07, 6.45) is 3.98. The summed E-state index contributed by atoms with van der Waals surface area (Å²) in [5.74, 6) is -0.496. The Morgan fingerprint density at radius 1 is 1.57 bits per heavy atom. The van der Waals surface area contributed by atoms with E-state index in [0.717, 1.165) is 19.3 Å². The molecule has 0 aromatic carbocycles. The second kappa shape index (κ2) is 4.91. The van der Waals surface area contributed by atoms with Crippen molar-refractivity contribution in [3.8, 4) is 0 Å². The molecule has 0 bridgehead atoms. The number of allylic oxidation sites excluding steroid dienone is 1. The molecule has 2 N–H and O–H groups in total. The molecule has 1 aliphatic rings. The second-order valence-corrected chi connectivity index (χ2v) is 3.56. The standard InChI is InChI=1S/C10H15NO3/c1-7(12)4-2-3-5-8-6-9(13)11-10(8)14/h5,7,12H,2-4,6H2,1H3,(H,11,13,14)/b8-5+. The van der Waals surface area contributed by atoms with Crippen LogP contribution in [0.5, 0.6) is 0 Å². The SMILES string of the molecule is CC(O)CCC/C=C1\CC(=O)NC1=O. The van der Waals surface area contributed by atoms with Gasteiger partial charge in [0.15, 0.2) is 0 Å². The van der Waals surface area contributed by atoms with Crippen LogP contribution in [0.1, 0.15) is 32.6 Å². The number of amides is 2. The van der Waals surface area contributed by atoms with E-state index in [4.69, 9.17) is 5.11 Å². The van der Waals surface area contributed by atoms with Gasteiger partial charge in [0.05, 0.1) is 12.5 Å². The fourth-order valence-corrected chi connectivity index (χ4v) is 1.36. The molecule has 0 aliphatic carbocycles. The predicted octanol–water partition coefficient (Wildman–Crippen LogP) is 0.510. The summed E-state index contributed by atoms with van der Waals surface area (Å²) in [7, 11) is 0. The number of aliphatic hydroxyl groups is 1. The van der Waals surface area contributed by atoms with Crippen LogP contribution in [0.2, 0.25) is 0 Å². The number of hydrogen-bond acceptors (Lipinski definition) is 3. The monoisotopic (exact) mass is 197 g/mol. The van der Waals surface area contributed by atoms with Crippen LogP contribution in [0.25, 0.3) is 0 Å². The van der Waals surface area contributed by atoms with Crippen molar-refractivity contribution in [1.82, 2.24) is 5.32 Å². The van der Waals surface area contributed by atoms with Crippen molar-refractivity contribution >= 4 is 11.8 Å². The maximum absolute atomic E-state index is 11.1. The highest BCUT2D eigenvalue weighted by atomic mass is 16.3. The Labute approximate surface area is 83.0 Å².